The van der Waals surface area contributed by atoms with Gasteiger partial charge >= 0.3 is 18.0 Å². The molecule has 0 aliphatic heterocycles. The lowest BCUT2D eigenvalue weighted by Gasteiger charge is -2.36. The maximum Gasteiger partial charge on any atom is 0.426 e. The predicted molar refractivity (Wildman–Crippen MR) is 57.0 cm³/mol. The maximum atomic E-state index is 13.6. The van der Waals surface area contributed by atoms with E-state index in [1.807, 2.05) is 0 Å². The molecule has 0 N–H and O–H groups in total. The minimum atomic E-state index is -5.65. The Morgan fingerprint density at radius 1 is 1.20 bits per heavy atom. The van der Waals surface area contributed by atoms with Crippen LogP contribution in [0.5, 0.6) is 0 Å². The summed E-state index contributed by atoms with van der Waals surface area (Å²) in [4.78, 5) is 0. The summed E-state index contributed by atoms with van der Waals surface area (Å²) in [7, 11) is 0.725. The molecule has 0 amide bonds. The highest BCUT2D eigenvalue weighted by atomic mass is 19.3. The van der Waals surface area contributed by atoms with Gasteiger partial charge in [0.05, 0.1) is 5.60 Å². The molecule has 2 unspecified atom stereocenters. The molecular formula is C12H14F6O2. The average Bonchev–Trinajstić information content (AvgIpc) is 2.87. The summed E-state index contributed by atoms with van der Waals surface area (Å²) >= 11 is 0. The lowest BCUT2D eigenvalue weighted by Crippen LogP contribution is -2.59. The third-order valence-corrected chi connectivity index (χ3v) is 3.70. The second-order valence-electron chi connectivity index (χ2n) is 5.26. The van der Waals surface area contributed by atoms with Crippen molar-refractivity contribution in [1.29, 1.82) is 0 Å². The molecule has 0 aromatic rings. The van der Waals surface area contributed by atoms with Crippen molar-refractivity contribution in [2.75, 3.05) is 13.7 Å². The van der Waals surface area contributed by atoms with E-state index >= 15 is 0 Å². The Labute approximate surface area is 111 Å². The molecule has 2 rings (SSSR count). The van der Waals surface area contributed by atoms with Crippen LogP contribution in [0.25, 0.3) is 0 Å². The van der Waals surface area contributed by atoms with E-state index in [9.17, 15) is 26.3 Å². The number of rotatable bonds is 6. The third kappa shape index (κ3) is 2.32. The first-order valence-electron chi connectivity index (χ1n) is 6.07. The van der Waals surface area contributed by atoms with Crippen LogP contribution in [0.15, 0.2) is 12.2 Å². The van der Waals surface area contributed by atoms with E-state index in [0.717, 1.165) is 7.11 Å². The van der Waals surface area contributed by atoms with Crippen molar-refractivity contribution in [3.05, 3.63) is 12.2 Å². The van der Waals surface area contributed by atoms with Gasteiger partial charge < -0.3 is 9.47 Å². The minimum absolute atomic E-state index is 0.0149. The first-order chi connectivity index (χ1) is 9.05. The Balaban J connectivity index is 2.18. The second kappa shape index (κ2) is 4.62. The van der Waals surface area contributed by atoms with Crippen molar-refractivity contribution in [2.24, 2.45) is 5.92 Å². The van der Waals surface area contributed by atoms with E-state index in [4.69, 9.17) is 0 Å². The third-order valence-electron chi connectivity index (χ3n) is 3.70. The van der Waals surface area contributed by atoms with Crippen LogP contribution < -0.4 is 0 Å². The van der Waals surface area contributed by atoms with E-state index < -0.39 is 30.2 Å². The van der Waals surface area contributed by atoms with Crippen LogP contribution in [0.2, 0.25) is 0 Å². The highest BCUT2D eigenvalue weighted by Gasteiger charge is 2.74. The molecule has 2 aliphatic carbocycles. The van der Waals surface area contributed by atoms with Crippen LogP contribution in [0.4, 0.5) is 26.3 Å². The molecular weight excluding hydrogens is 290 g/mol. The minimum Gasteiger partial charge on any atom is -0.378 e. The summed E-state index contributed by atoms with van der Waals surface area (Å²) in [5, 5.41) is 0. The van der Waals surface area contributed by atoms with Gasteiger partial charge in [-0.3, -0.25) is 0 Å². The number of hydrogen-bond acceptors (Lipinski definition) is 2. The number of hydrogen-bond donors (Lipinski definition) is 0. The van der Waals surface area contributed by atoms with Crippen LogP contribution in [0.3, 0.4) is 0 Å². The summed E-state index contributed by atoms with van der Waals surface area (Å²) in [6, 6.07) is 0. The highest BCUT2D eigenvalue weighted by Crippen LogP contribution is 2.53. The van der Waals surface area contributed by atoms with Crippen LogP contribution in [0.1, 0.15) is 19.3 Å². The van der Waals surface area contributed by atoms with Crippen LogP contribution in [-0.2, 0) is 9.47 Å². The number of halogens is 6. The van der Waals surface area contributed by atoms with Crippen LogP contribution in [0, 0.1) is 5.92 Å². The quantitative estimate of drug-likeness (QED) is 0.551. The van der Waals surface area contributed by atoms with Crippen molar-refractivity contribution in [2.45, 2.75) is 42.8 Å². The monoisotopic (exact) mass is 304 g/mol. The van der Waals surface area contributed by atoms with Crippen molar-refractivity contribution >= 4 is 0 Å². The van der Waals surface area contributed by atoms with Crippen molar-refractivity contribution < 1.29 is 35.8 Å². The zero-order valence-corrected chi connectivity index (χ0v) is 10.6. The van der Waals surface area contributed by atoms with Gasteiger partial charge in [-0.2, -0.15) is 26.3 Å². The molecule has 116 valence electrons. The predicted octanol–water partition coefficient (Wildman–Crippen LogP) is 3.62. The Morgan fingerprint density at radius 2 is 1.85 bits per heavy atom. The Bertz CT molecular complexity index is 409. The first kappa shape index (κ1) is 15.6. The van der Waals surface area contributed by atoms with Gasteiger partial charge in [0.25, 0.3) is 0 Å². The van der Waals surface area contributed by atoms with E-state index in [0.29, 0.717) is 6.42 Å². The number of alkyl halides is 6. The first-order valence-corrected chi connectivity index (χ1v) is 6.07. The van der Waals surface area contributed by atoms with Crippen molar-refractivity contribution in [1.82, 2.24) is 0 Å². The standard InChI is InChI=1S/C12H14F6O2/c1-19-7-10(13,14)11(15,16)12(17,18)20-9-4-2-8(6-9)3-5-9/h2,4,8H,3,5-7H2,1H3. The lowest BCUT2D eigenvalue weighted by atomic mass is 10.0. The zero-order chi connectivity index (χ0) is 15.2. The molecule has 1 fully saturated rings. The van der Waals surface area contributed by atoms with Gasteiger partial charge in [0, 0.05) is 7.11 Å². The molecule has 2 bridgehead atoms. The number of fused-ring (bicyclic) bond motifs is 2. The van der Waals surface area contributed by atoms with Gasteiger partial charge in [0.2, 0.25) is 0 Å². The molecule has 1 saturated carbocycles. The SMILES string of the molecule is COCC(F)(F)C(F)(F)C(F)(F)OC12C=CC(CC1)C2. The molecule has 20 heavy (non-hydrogen) atoms. The maximum absolute atomic E-state index is 13.6. The zero-order valence-electron chi connectivity index (χ0n) is 10.6. The van der Waals surface area contributed by atoms with Crippen molar-refractivity contribution in [3.8, 4) is 0 Å². The number of ether oxygens (including phenoxy) is 2. The summed E-state index contributed by atoms with van der Waals surface area (Å²) in [6.45, 7) is -1.82. The Hall–Kier alpha value is -0.760. The molecule has 8 heteroatoms. The summed E-state index contributed by atoms with van der Waals surface area (Å²) in [6.07, 6.45) is -1.67. The van der Waals surface area contributed by atoms with E-state index in [2.05, 4.69) is 9.47 Å². The fourth-order valence-electron chi connectivity index (χ4n) is 2.64. The van der Waals surface area contributed by atoms with Gasteiger partial charge in [-0.15, -0.1) is 0 Å². The molecule has 2 nitrogen and oxygen atoms in total. The fourth-order valence-corrected chi connectivity index (χ4v) is 2.64. The second-order valence-corrected chi connectivity index (χ2v) is 5.26. The molecule has 0 spiro atoms. The number of allylic oxidation sites excluding steroid dienone is 1. The summed E-state index contributed by atoms with van der Waals surface area (Å²) in [5.41, 5.74) is -1.57. The van der Waals surface area contributed by atoms with Gasteiger partial charge in [0.1, 0.15) is 6.61 Å². The summed E-state index contributed by atoms with van der Waals surface area (Å²) in [5.74, 6) is -10.7. The average molecular weight is 304 g/mol. The van der Waals surface area contributed by atoms with Gasteiger partial charge in [-0.1, -0.05) is 12.2 Å². The van der Waals surface area contributed by atoms with Crippen molar-refractivity contribution in [3.63, 3.8) is 0 Å². The van der Waals surface area contributed by atoms with Crippen LogP contribution in [-0.4, -0.2) is 37.3 Å². The van der Waals surface area contributed by atoms with Gasteiger partial charge in [0.15, 0.2) is 0 Å². The Kier molecular flexibility index (Phi) is 3.61. The number of methoxy groups -OCH3 is 1. The smallest absolute Gasteiger partial charge is 0.378 e. The lowest BCUT2D eigenvalue weighted by molar-refractivity contribution is -0.419. The van der Waals surface area contributed by atoms with E-state index in [-0.39, 0.29) is 18.8 Å². The molecule has 0 heterocycles. The van der Waals surface area contributed by atoms with Gasteiger partial charge in [-0.05, 0) is 25.2 Å². The molecule has 0 radical (unpaired) electrons. The molecule has 0 aromatic carbocycles. The fraction of sp³-hybridized carbons (Fsp3) is 0.833. The van der Waals surface area contributed by atoms with E-state index in [1.165, 1.54) is 6.08 Å². The summed E-state index contributed by atoms with van der Waals surface area (Å²) < 4.78 is 88.4. The van der Waals surface area contributed by atoms with E-state index in [1.54, 1.807) is 6.08 Å². The highest BCUT2D eigenvalue weighted by molar-refractivity contribution is 5.18. The molecule has 0 saturated heterocycles. The molecule has 0 aromatic heterocycles. The normalized spacial score (nSPS) is 30.2. The molecule has 2 atom stereocenters. The largest absolute Gasteiger partial charge is 0.426 e. The van der Waals surface area contributed by atoms with Crippen LogP contribution >= 0.6 is 0 Å². The van der Waals surface area contributed by atoms with Gasteiger partial charge in [-0.25, -0.2) is 0 Å². The Morgan fingerprint density at radius 3 is 2.25 bits per heavy atom. The topological polar surface area (TPSA) is 18.5 Å². The molecule has 2 aliphatic rings.